The van der Waals surface area contributed by atoms with Gasteiger partial charge < -0.3 is 4.42 Å². The molecule has 136 valence electrons. The highest BCUT2D eigenvalue weighted by Crippen LogP contribution is 2.26. The van der Waals surface area contributed by atoms with Gasteiger partial charge in [0.1, 0.15) is 5.58 Å². The molecule has 0 aliphatic carbocycles. The van der Waals surface area contributed by atoms with Crippen LogP contribution >= 0.6 is 0 Å². The minimum absolute atomic E-state index is 0.0291. The second kappa shape index (κ2) is 6.46. The summed E-state index contributed by atoms with van der Waals surface area (Å²) in [7, 11) is 0.482. The van der Waals surface area contributed by atoms with Crippen molar-refractivity contribution in [2.75, 3.05) is 25.6 Å². The molecule has 0 saturated carbocycles. The van der Waals surface area contributed by atoms with E-state index >= 15 is 0 Å². The van der Waals surface area contributed by atoms with Crippen molar-refractivity contribution in [3.8, 4) is 0 Å². The molecule has 2 aromatic rings. The molecule has 1 amide bonds. The van der Waals surface area contributed by atoms with Crippen molar-refractivity contribution in [1.29, 1.82) is 0 Å². The minimum Gasteiger partial charge on any atom is -0.464 e. The number of nitrogens with zero attached hydrogens (tertiary/aromatic N) is 2. The highest BCUT2D eigenvalue weighted by Gasteiger charge is 2.36. The largest absolute Gasteiger partial charge is 0.464 e. The van der Waals surface area contributed by atoms with Crippen LogP contribution in [0.15, 0.2) is 22.8 Å². The number of hydrazine groups is 1. The topological polar surface area (TPSA) is 70.8 Å². The lowest BCUT2D eigenvalue weighted by molar-refractivity contribution is -0.148. The summed E-state index contributed by atoms with van der Waals surface area (Å²) < 4.78 is 29.2. The monoisotopic (exact) mass is 364 g/mol. The Labute approximate surface area is 148 Å². The van der Waals surface area contributed by atoms with E-state index < -0.39 is 9.84 Å². The van der Waals surface area contributed by atoms with E-state index in [0.29, 0.717) is 6.42 Å². The molecule has 2 heterocycles. The molecule has 0 N–H and O–H groups in total. The van der Waals surface area contributed by atoms with Crippen molar-refractivity contribution >= 4 is 26.7 Å². The van der Waals surface area contributed by atoms with Crippen LogP contribution in [0.25, 0.3) is 11.0 Å². The second-order valence-corrected chi connectivity index (χ2v) is 9.24. The summed E-state index contributed by atoms with van der Waals surface area (Å²) in [5.74, 6) is 0.0528. The molecular weight excluding hydrogens is 340 g/mol. The molecular formula is C18H24N2O4S. The number of sulfone groups is 1. The zero-order valence-corrected chi connectivity index (χ0v) is 15.9. The third kappa shape index (κ3) is 3.57. The van der Waals surface area contributed by atoms with Crippen molar-refractivity contribution in [1.82, 2.24) is 10.0 Å². The average Bonchev–Trinajstić information content (AvgIpc) is 3.03. The van der Waals surface area contributed by atoms with Crippen LogP contribution in [-0.2, 0) is 21.1 Å². The number of hydrogen-bond acceptors (Lipinski definition) is 5. The van der Waals surface area contributed by atoms with E-state index in [1.165, 1.54) is 0 Å². The second-order valence-electron chi connectivity index (χ2n) is 7.01. The molecule has 1 fully saturated rings. The maximum absolute atomic E-state index is 12.9. The number of aryl methyl sites for hydroxylation is 2. The SMILES string of the molecule is Cc1cc2occ(CC(=O)N([C@@H]3CCS(=O)(=O)C3)N(C)C)c2cc1C. The molecule has 7 heteroatoms. The summed E-state index contributed by atoms with van der Waals surface area (Å²) in [5, 5.41) is 4.20. The first kappa shape index (κ1) is 17.9. The predicted octanol–water partition coefficient (Wildman–Crippen LogP) is 2.08. The molecule has 1 aromatic heterocycles. The van der Waals surface area contributed by atoms with Crippen molar-refractivity contribution in [3.05, 3.63) is 35.1 Å². The first-order valence-electron chi connectivity index (χ1n) is 8.35. The van der Waals surface area contributed by atoms with E-state index in [0.717, 1.165) is 27.7 Å². The van der Waals surface area contributed by atoms with E-state index in [-0.39, 0.29) is 29.9 Å². The number of amides is 1. The maximum atomic E-state index is 12.9. The van der Waals surface area contributed by atoms with Gasteiger partial charge in [0, 0.05) is 25.0 Å². The van der Waals surface area contributed by atoms with Crippen LogP contribution in [0, 0.1) is 13.8 Å². The Morgan fingerprint density at radius 2 is 1.92 bits per heavy atom. The number of carbonyl (C=O) groups excluding carboxylic acids is 1. The van der Waals surface area contributed by atoms with Gasteiger partial charge in [-0.1, -0.05) is 0 Å². The van der Waals surface area contributed by atoms with Gasteiger partial charge in [-0.3, -0.25) is 9.80 Å². The maximum Gasteiger partial charge on any atom is 0.241 e. The van der Waals surface area contributed by atoms with Gasteiger partial charge in [-0.2, -0.15) is 0 Å². The van der Waals surface area contributed by atoms with Crippen LogP contribution in [0.5, 0.6) is 0 Å². The Hall–Kier alpha value is -1.86. The van der Waals surface area contributed by atoms with E-state index in [9.17, 15) is 13.2 Å². The summed E-state index contributed by atoms with van der Waals surface area (Å²) >= 11 is 0. The third-order valence-electron chi connectivity index (χ3n) is 4.85. The van der Waals surface area contributed by atoms with Gasteiger partial charge in [0.2, 0.25) is 5.91 Å². The highest BCUT2D eigenvalue weighted by molar-refractivity contribution is 7.91. The van der Waals surface area contributed by atoms with Crippen LogP contribution in [0.4, 0.5) is 0 Å². The number of carbonyl (C=O) groups is 1. The van der Waals surface area contributed by atoms with Crippen molar-refractivity contribution in [2.24, 2.45) is 0 Å². The zero-order chi connectivity index (χ0) is 18.4. The van der Waals surface area contributed by atoms with Crippen molar-refractivity contribution < 1.29 is 17.6 Å². The molecule has 3 rings (SSSR count). The van der Waals surface area contributed by atoms with E-state index in [1.54, 1.807) is 30.4 Å². The molecule has 6 nitrogen and oxygen atoms in total. The number of rotatable bonds is 4. The van der Waals surface area contributed by atoms with Crippen LogP contribution < -0.4 is 0 Å². The summed E-state index contributed by atoms with van der Waals surface area (Å²) in [6.45, 7) is 4.05. The fourth-order valence-corrected chi connectivity index (χ4v) is 5.13. The number of benzene rings is 1. The number of hydrogen-bond donors (Lipinski definition) is 0. The standard InChI is InChI=1S/C18H24N2O4S/c1-12-7-16-14(10-24-17(16)8-13(12)2)9-18(21)20(19(3)4)15-5-6-25(22,23)11-15/h7-8,10,15H,5-6,9,11H2,1-4H3/t15-/m1/s1. The Bertz CT molecular complexity index is 915. The van der Waals surface area contributed by atoms with Gasteiger partial charge in [-0.15, -0.1) is 0 Å². The molecule has 25 heavy (non-hydrogen) atoms. The summed E-state index contributed by atoms with van der Waals surface area (Å²) in [4.78, 5) is 12.9. The summed E-state index contributed by atoms with van der Waals surface area (Å²) in [6.07, 6.45) is 2.29. The van der Waals surface area contributed by atoms with E-state index in [4.69, 9.17) is 4.42 Å². The molecule has 1 aromatic carbocycles. The van der Waals surface area contributed by atoms with Gasteiger partial charge in [0.25, 0.3) is 0 Å². The van der Waals surface area contributed by atoms with E-state index in [1.807, 2.05) is 26.0 Å². The Morgan fingerprint density at radius 3 is 2.52 bits per heavy atom. The Morgan fingerprint density at radius 1 is 1.24 bits per heavy atom. The lowest BCUT2D eigenvalue weighted by Gasteiger charge is -2.33. The zero-order valence-electron chi connectivity index (χ0n) is 15.1. The first-order valence-corrected chi connectivity index (χ1v) is 10.2. The molecule has 1 atom stereocenters. The molecule has 1 aliphatic heterocycles. The quantitative estimate of drug-likeness (QED) is 0.777. The smallest absolute Gasteiger partial charge is 0.241 e. The Kier molecular flexibility index (Phi) is 4.64. The van der Waals surface area contributed by atoms with Crippen LogP contribution in [0.2, 0.25) is 0 Å². The molecule has 0 unspecified atom stereocenters. The first-order chi connectivity index (χ1) is 11.7. The van der Waals surface area contributed by atoms with Gasteiger partial charge in [0.15, 0.2) is 9.84 Å². The van der Waals surface area contributed by atoms with Crippen molar-refractivity contribution in [3.63, 3.8) is 0 Å². The normalized spacial score (nSPS) is 19.6. The Balaban J connectivity index is 1.86. The lowest BCUT2D eigenvalue weighted by atomic mass is 10.0. The average molecular weight is 364 g/mol. The number of fused-ring (bicyclic) bond motifs is 1. The van der Waals surface area contributed by atoms with Crippen LogP contribution in [0.3, 0.4) is 0 Å². The van der Waals surface area contributed by atoms with Crippen LogP contribution in [-0.4, -0.2) is 56.0 Å². The van der Waals surface area contributed by atoms with Gasteiger partial charge >= 0.3 is 0 Å². The van der Waals surface area contributed by atoms with Gasteiger partial charge in [-0.25, -0.2) is 13.4 Å². The third-order valence-corrected chi connectivity index (χ3v) is 6.60. The van der Waals surface area contributed by atoms with Gasteiger partial charge in [0.05, 0.1) is 30.2 Å². The van der Waals surface area contributed by atoms with Crippen molar-refractivity contribution in [2.45, 2.75) is 32.7 Å². The molecule has 1 saturated heterocycles. The summed E-state index contributed by atoms with van der Waals surface area (Å²) in [6, 6.07) is 3.72. The van der Waals surface area contributed by atoms with E-state index in [2.05, 4.69) is 0 Å². The fraction of sp³-hybridized carbons (Fsp3) is 0.500. The summed E-state index contributed by atoms with van der Waals surface area (Å²) in [5.41, 5.74) is 3.89. The lowest BCUT2D eigenvalue weighted by Crippen LogP contribution is -2.49. The molecule has 0 radical (unpaired) electrons. The fourth-order valence-electron chi connectivity index (χ4n) is 3.44. The van der Waals surface area contributed by atoms with Crippen LogP contribution in [0.1, 0.15) is 23.1 Å². The molecule has 0 spiro atoms. The number of furan rings is 1. The predicted molar refractivity (Wildman–Crippen MR) is 97.0 cm³/mol. The molecule has 0 bridgehead atoms. The minimum atomic E-state index is -3.05. The highest BCUT2D eigenvalue weighted by atomic mass is 32.2. The van der Waals surface area contributed by atoms with Gasteiger partial charge in [-0.05, 0) is 43.5 Å². The molecule has 1 aliphatic rings.